The number of thiophene rings is 1. The van der Waals surface area contributed by atoms with Crippen molar-refractivity contribution in [2.45, 2.75) is 59.5 Å². The molecule has 1 atom stereocenters. The molecular weight excluding hydrogens is 370 g/mol. The molecule has 3 rings (SSSR count). The summed E-state index contributed by atoms with van der Waals surface area (Å²) in [5.41, 5.74) is 4.10. The molecule has 1 aliphatic carbocycles. The maximum atomic E-state index is 12.6. The van der Waals surface area contributed by atoms with E-state index in [4.69, 9.17) is 0 Å². The second kappa shape index (κ2) is 8.89. The van der Waals surface area contributed by atoms with Crippen LogP contribution in [-0.2, 0) is 30.7 Å². The molecule has 2 aromatic heterocycles. The van der Waals surface area contributed by atoms with Crippen LogP contribution in [0.25, 0.3) is 0 Å². The first-order valence-electron chi connectivity index (χ1n) is 10.0. The highest BCUT2D eigenvalue weighted by atomic mass is 32.1. The summed E-state index contributed by atoms with van der Waals surface area (Å²) in [5, 5.41) is 17.7. The van der Waals surface area contributed by atoms with Gasteiger partial charge in [-0.1, -0.05) is 13.3 Å². The molecule has 2 heterocycles. The molecule has 0 spiro atoms. The van der Waals surface area contributed by atoms with Crippen molar-refractivity contribution in [2.75, 3.05) is 18.9 Å². The molecule has 1 N–H and O–H groups in total. The van der Waals surface area contributed by atoms with Gasteiger partial charge in [0.1, 0.15) is 11.1 Å². The van der Waals surface area contributed by atoms with Gasteiger partial charge in [-0.3, -0.25) is 14.4 Å². The molecule has 0 aromatic carbocycles. The predicted octanol–water partition coefficient (Wildman–Crippen LogP) is 3.73. The van der Waals surface area contributed by atoms with Crippen LogP contribution >= 0.6 is 11.3 Å². The van der Waals surface area contributed by atoms with Gasteiger partial charge in [0.2, 0.25) is 5.91 Å². The molecule has 150 valence electrons. The van der Waals surface area contributed by atoms with E-state index in [2.05, 4.69) is 37.3 Å². The van der Waals surface area contributed by atoms with Gasteiger partial charge in [-0.05, 0) is 51.6 Å². The lowest BCUT2D eigenvalue weighted by molar-refractivity contribution is -0.117. The van der Waals surface area contributed by atoms with Gasteiger partial charge in [-0.15, -0.1) is 11.3 Å². The van der Waals surface area contributed by atoms with E-state index in [0.717, 1.165) is 47.6 Å². The number of rotatable bonds is 7. The van der Waals surface area contributed by atoms with E-state index in [0.29, 0.717) is 18.0 Å². The Morgan fingerprint density at radius 3 is 2.93 bits per heavy atom. The Morgan fingerprint density at radius 2 is 2.29 bits per heavy atom. The number of carbonyl (C=O) groups excluding carboxylic acids is 1. The van der Waals surface area contributed by atoms with Crippen molar-refractivity contribution in [3.05, 3.63) is 33.5 Å². The van der Waals surface area contributed by atoms with E-state index < -0.39 is 0 Å². The van der Waals surface area contributed by atoms with Gasteiger partial charge in [0.25, 0.3) is 0 Å². The molecule has 7 heteroatoms. The average Bonchev–Trinajstić information content (AvgIpc) is 3.20. The van der Waals surface area contributed by atoms with Gasteiger partial charge in [0, 0.05) is 29.2 Å². The number of carbonyl (C=O) groups is 1. The lowest BCUT2D eigenvalue weighted by atomic mass is 9.86. The third-order valence-corrected chi connectivity index (χ3v) is 6.84. The highest BCUT2D eigenvalue weighted by molar-refractivity contribution is 7.16. The number of nitrogens with zero attached hydrogens (tertiary/aromatic N) is 4. The molecule has 0 saturated heterocycles. The molecular formula is C21H29N5OS. The quantitative estimate of drug-likeness (QED) is 0.770. The van der Waals surface area contributed by atoms with E-state index in [1.807, 2.05) is 22.8 Å². The Morgan fingerprint density at radius 1 is 1.50 bits per heavy atom. The van der Waals surface area contributed by atoms with Crippen LogP contribution in [0.1, 0.15) is 54.0 Å². The zero-order chi connectivity index (χ0) is 20.3. The Kier molecular flexibility index (Phi) is 6.53. The monoisotopic (exact) mass is 399 g/mol. The third kappa shape index (κ3) is 4.29. The molecule has 1 aliphatic rings. The van der Waals surface area contributed by atoms with E-state index in [1.54, 1.807) is 11.3 Å². The van der Waals surface area contributed by atoms with Gasteiger partial charge < -0.3 is 5.32 Å². The SMILES string of the molecule is CCC1CCc2c(sc(NC(=O)CN(C)Cc3cnn(CC)c3C)c2C#N)C1. The van der Waals surface area contributed by atoms with Crippen molar-refractivity contribution in [2.24, 2.45) is 5.92 Å². The zero-order valence-electron chi connectivity index (χ0n) is 17.2. The molecule has 0 saturated carbocycles. The molecule has 2 aromatic rings. The number of aromatic nitrogens is 2. The highest BCUT2D eigenvalue weighted by Crippen LogP contribution is 2.39. The van der Waals surface area contributed by atoms with Crippen molar-refractivity contribution in [3.63, 3.8) is 0 Å². The van der Waals surface area contributed by atoms with E-state index in [9.17, 15) is 10.1 Å². The van der Waals surface area contributed by atoms with Gasteiger partial charge >= 0.3 is 0 Å². The molecule has 6 nitrogen and oxygen atoms in total. The number of nitrogens with one attached hydrogen (secondary N) is 1. The van der Waals surface area contributed by atoms with Crippen LogP contribution in [0.3, 0.4) is 0 Å². The number of amides is 1. The summed E-state index contributed by atoms with van der Waals surface area (Å²) in [6.07, 6.45) is 6.15. The standard InChI is InChI=1S/C21H29N5OS/c1-5-15-7-8-17-18(10-22)21(28-19(17)9-15)24-20(27)13-25(4)12-16-11-23-26(6-2)14(16)3/h11,15H,5-9,12-13H2,1-4H3,(H,24,27). The second-order valence-corrected chi connectivity index (χ2v) is 8.73. The smallest absolute Gasteiger partial charge is 0.239 e. The van der Waals surface area contributed by atoms with Crippen LogP contribution in [0.15, 0.2) is 6.20 Å². The fraction of sp³-hybridized carbons (Fsp3) is 0.571. The molecule has 0 aliphatic heterocycles. The van der Waals surface area contributed by atoms with Crippen LogP contribution in [-0.4, -0.2) is 34.2 Å². The van der Waals surface area contributed by atoms with Crippen molar-refractivity contribution < 1.29 is 4.79 Å². The van der Waals surface area contributed by atoms with E-state index in [-0.39, 0.29) is 12.5 Å². The molecule has 0 bridgehead atoms. The van der Waals surface area contributed by atoms with Crippen LogP contribution in [0, 0.1) is 24.2 Å². The molecule has 1 unspecified atom stereocenters. The molecule has 0 radical (unpaired) electrons. The summed E-state index contributed by atoms with van der Waals surface area (Å²) in [5.74, 6) is 0.616. The highest BCUT2D eigenvalue weighted by Gasteiger charge is 2.26. The molecule has 28 heavy (non-hydrogen) atoms. The van der Waals surface area contributed by atoms with Crippen LogP contribution in [0.2, 0.25) is 0 Å². The van der Waals surface area contributed by atoms with Crippen molar-refractivity contribution in [3.8, 4) is 6.07 Å². The lowest BCUT2D eigenvalue weighted by Gasteiger charge is -2.20. The summed E-state index contributed by atoms with van der Waals surface area (Å²) >= 11 is 1.59. The Balaban J connectivity index is 1.64. The van der Waals surface area contributed by atoms with E-state index >= 15 is 0 Å². The minimum Gasteiger partial charge on any atom is -0.315 e. The van der Waals surface area contributed by atoms with Crippen molar-refractivity contribution in [1.29, 1.82) is 5.26 Å². The summed E-state index contributed by atoms with van der Waals surface area (Å²) in [7, 11) is 1.93. The van der Waals surface area contributed by atoms with Crippen molar-refractivity contribution in [1.82, 2.24) is 14.7 Å². The minimum absolute atomic E-state index is 0.0785. The topological polar surface area (TPSA) is 74.0 Å². The van der Waals surface area contributed by atoms with Gasteiger partial charge in [-0.25, -0.2) is 0 Å². The van der Waals surface area contributed by atoms with Gasteiger partial charge in [-0.2, -0.15) is 10.4 Å². The zero-order valence-corrected chi connectivity index (χ0v) is 18.0. The minimum atomic E-state index is -0.0785. The first-order valence-corrected chi connectivity index (χ1v) is 10.8. The van der Waals surface area contributed by atoms with Crippen molar-refractivity contribution >= 4 is 22.2 Å². The molecule has 1 amide bonds. The first kappa shape index (κ1) is 20.6. The second-order valence-electron chi connectivity index (χ2n) is 7.63. The number of likely N-dealkylation sites (N-methyl/N-ethyl adjacent to an activating group) is 1. The summed E-state index contributed by atoms with van der Waals surface area (Å²) in [4.78, 5) is 15.8. The number of nitriles is 1. The first-order chi connectivity index (χ1) is 13.5. The Hall–Kier alpha value is -2.17. The average molecular weight is 400 g/mol. The Labute approximate surface area is 171 Å². The van der Waals surface area contributed by atoms with Crippen LogP contribution in [0.4, 0.5) is 5.00 Å². The third-order valence-electron chi connectivity index (χ3n) is 5.67. The van der Waals surface area contributed by atoms with Gasteiger partial charge in [0.05, 0.1) is 18.3 Å². The van der Waals surface area contributed by atoms with Crippen LogP contribution in [0.5, 0.6) is 0 Å². The summed E-state index contributed by atoms with van der Waals surface area (Å²) < 4.78 is 1.96. The maximum Gasteiger partial charge on any atom is 0.239 e. The largest absolute Gasteiger partial charge is 0.315 e. The normalized spacial score (nSPS) is 16.1. The number of fused-ring (bicyclic) bond motifs is 1. The van der Waals surface area contributed by atoms with Gasteiger partial charge in [0.15, 0.2) is 0 Å². The fourth-order valence-electron chi connectivity index (χ4n) is 3.93. The number of aryl methyl sites for hydroxylation is 1. The number of anilines is 1. The van der Waals surface area contributed by atoms with E-state index in [1.165, 1.54) is 11.3 Å². The maximum absolute atomic E-state index is 12.6. The predicted molar refractivity (Wildman–Crippen MR) is 112 cm³/mol. The summed E-state index contributed by atoms with van der Waals surface area (Å²) in [6, 6.07) is 2.32. The number of hydrogen-bond acceptors (Lipinski definition) is 5. The molecule has 0 fully saturated rings. The lowest BCUT2D eigenvalue weighted by Crippen LogP contribution is -2.30. The number of hydrogen-bond donors (Lipinski definition) is 1. The Bertz CT molecular complexity index is 891. The van der Waals surface area contributed by atoms with Crippen LogP contribution < -0.4 is 5.32 Å². The summed E-state index contributed by atoms with van der Waals surface area (Å²) in [6.45, 7) is 8.13. The fourth-order valence-corrected chi connectivity index (χ4v) is 5.25.